The summed E-state index contributed by atoms with van der Waals surface area (Å²) in [6.07, 6.45) is 4.00. The number of rotatable bonds is 7. The number of carbonyl (C=O) groups is 3. The fourth-order valence-corrected chi connectivity index (χ4v) is 2.70. The maximum atomic E-state index is 12.1. The molecule has 1 atom stereocenters. The number of nitro groups is 1. The van der Waals surface area contributed by atoms with Crippen LogP contribution in [0.5, 0.6) is 0 Å². The van der Waals surface area contributed by atoms with Gasteiger partial charge in [0.1, 0.15) is 6.04 Å². The summed E-state index contributed by atoms with van der Waals surface area (Å²) in [6, 6.07) is 4.28. The molecule has 2 rings (SSSR count). The first-order chi connectivity index (χ1) is 12.4. The average molecular weight is 363 g/mol. The zero-order valence-electron chi connectivity index (χ0n) is 14.4. The van der Waals surface area contributed by atoms with E-state index in [0.717, 1.165) is 31.7 Å². The van der Waals surface area contributed by atoms with Crippen molar-refractivity contribution in [2.45, 2.75) is 44.7 Å². The van der Waals surface area contributed by atoms with Gasteiger partial charge in [0.05, 0.1) is 4.92 Å². The molecule has 1 fully saturated rings. The third-order valence-electron chi connectivity index (χ3n) is 4.09. The number of non-ortho nitro benzene ring substituents is 1. The molecule has 1 saturated carbocycles. The van der Waals surface area contributed by atoms with Crippen molar-refractivity contribution in [2.75, 3.05) is 6.61 Å². The van der Waals surface area contributed by atoms with E-state index in [1.165, 1.54) is 25.1 Å². The van der Waals surface area contributed by atoms with E-state index in [1.807, 2.05) is 0 Å². The lowest BCUT2D eigenvalue weighted by molar-refractivity contribution is -0.384. The Balaban J connectivity index is 1.80. The van der Waals surface area contributed by atoms with Crippen molar-refractivity contribution in [3.05, 3.63) is 39.9 Å². The quantitative estimate of drug-likeness (QED) is 0.427. The van der Waals surface area contributed by atoms with E-state index in [4.69, 9.17) is 4.74 Å². The molecule has 9 nitrogen and oxygen atoms in total. The lowest BCUT2D eigenvalue weighted by atomic mass is 10.2. The van der Waals surface area contributed by atoms with Gasteiger partial charge in [0.2, 0.25) is 0 Å². The maximum Gasteiger partial charge on any atom is 0.328 e. The molecule has 1 aliphatic carbocycles. The van der Waals surface area contributed by atoms with Crippen LogP contribution in [0.25, 0.3) is 0 Å². The Morgan fingerprint density at radius 1 is 1.31 bits per heavy atom. The van der Waals surface area contributed by atoms with Crippen molar-refractivity contribution in [1.82, 2.24) is 10.6 Å². The monoisotopic (exact) mass is 363 g/mol. The Labute approximate surface area is 150 Å². The Kier molecular flexibility index (Phi) is 6.65. The van der Waals surface area contributed by atoms with E-state index in [9.17, 15) is 24.5 Å². The number of nitrogens with zero attached hydrogens (tertiary/aromatic N) is 1. The van der Waals surface area contributed by atoms with Crippen LogP contribution >= 0.6 is 0 Å². The van der Waals surface area contributed by atoms with E-state index in [2.05, 4.69) is 10.6 Å². The average Bonchev–Trinajstić information content (AvgIpc) is 3.12. The van der Waals surface area contributed by atoms with Gasteiger partial charge in [-0.2, -0.15) is 0 Å². The predicted molar refractivity (Wildman–Crippen MR) is 91.4 cm³/mol. The molecule has 0 spiro atoms. The molecule has 1 aliphatic rings. The summed E-state index contributed by atoms with van der Waals surface area (Å²) in [7, 11) is 0. The first-order valence-electron chi connectivity index (χ1n) is 8.38. The van der Waals surface area contributed by atoms with Crippen molar-refractivity contribution in [3.8, 4) is 0 Å². The fourth-order valence-electron chi connectivity index (χ4n) is 2.70. The second-order valence-corrected chi connectivity index (χ2v) is 6.16. The number of esters is 1. The summed E-state index contributed by atoms with van der Waals surface area (Å²) < 4.78 is 4.90. The highest BCUT2D eigenvalue weighted by atomic mass is 16.6. The van der Waals surface area contributed by atoms with Gasteiger partial charge < -0.3 is 15.4 Å². The molecular weight excluding hydrogens is 342 g/mol. The molecule has 0 aromatic heterocycles. The molecule has 1 aromatic carbocycles. The number of hydrogen-bond acceptors (Lipinski definition) is 6. The Hall–Kier alpha value is -2.97. The number of amides is 2. The van der Waals surface area contributed by atoms with Crippen LogP contribution in [-0.4, -0.2) is 41.4 Å². The molecule has 1 aromatic rings. The van der Waals surface area contributed by atoms with Crippen LogP contribution in [0.3, 0.4) is 0 Å². The van der Waals surface area contributed by atoms with Crippen molar-refractivity contribution in [1.29, 1.82) is 0 Å². The maximum absolute atomic E-state index is 12.1. The lowest BCUT2D eigenvalue weighted by Crippen LogP contribution is -2.42. The summed E-state index contributed by atoms with van der Waals surface area (Å²) in [5.74, 6) is -1.78. The largest absolute Gasteiger partial charge is 0.454 e. The van der Waals surface area contributed by atoms with Gasteiger partial charge in [0.25, 0.3) is 17.5 Å². The van der Waals surface area contributed by atoms with Gasteiger partial charge in [0, 0.05) is 23.7 Å². The topological polar surface area (TPSA) is 128 Å². The van der Waals surface area contributed by atoms with Crippen LogP contribution in [0.1, 0.15) is 43.0 Å². The van der Waals surface area contributed by atoms with Crippen molar-refractivity contribution < 1.29 is 24.0 Å². The van der Waals surface area contributed by atoms with Crippen LogP contribution in [0.4, 0.5) is 5.69 Å². The van der Waals surface area contributed by atoms with Gasteiger partial charge in [-0.3, -0.25) is 19.7 Å². The molecule has 0 heterocycles. The molecule has 9 heteroatoms. The van der Waals surface area contributed by atoms with Gasteiger partial charge in [-0.05, 0) is 25.8 Å². The minimum atomic E-state index is -0.999. The van der Waals surface area contributed by atoms with E-state index in [0.29, 0.717) is 0 Å². The Morgan fingerprint density at radius 2 is 2.00 bits per heavy atom. The summed E-state index contributed by atoms with van der Waals surface area (Å²) >= 11 is 0. The van der Waals surface area contributed by atoms with Gasteiger partial charge >= 0.3 is 5.97 Å². The highest BCUT2D eigenvalue weighted by molar-refractivity contribution is 5.97. The lowest BCUT2D eigenvalue weighted by Gasteiger charge is -2.15. The minimum Gasteiger partial charge on any atom is -0.454 e. The zero-order chi connectivity index (χ0) is 19.1. The van der Waals surface area contributed by atoms with Crippen molar-refractivity contribution in [3.63, 3.8) is 0 Å². The highest BCUT2D eigenvalue weighted by Gasteiger charge is 2.21. The fraction of sp³-hybridized carbons (Fsp3) is 0.471. The SMILES string of the molecule is C[C@H](NC(=O)c1cccc([N+](=O)[O-])c1)C(=O)OCC(=O)NC1CCCC1. The standard InChI is InChI=1S/C17H21N3O6/c1-11(17(23)26-10-15(21)19-13-6-2-3-7-13)18-16(22)12-5-4-8-14(9-12)20(24)25/h4-5,8-9,11,13H,2-3,6-7,10H2,1H3,(H,18,22)(H,19,21)/t11-/m0/s1. The van der Waals surface area contributed by atoms with Gasteiger partial charge in [-0.25, -0.2) is 4.79 Å². The number of ether oxygens (including phenoxy) is 1. The molecule has 0 radical (unpaired) electrons. The zero-order valence-corrected chi connectivity index (χ0v) is 14.4. The second kappa shape index (κ2) is 8.93. The van der Waals surface area contributed by atoms with Crippen molar-refractivity contribution in [2.24, 2.45) is 0 Å². The number of carbonyl (C=O) groups excluding carboxylic acids is 3. The van der Waals surface area contributed by atoms with E-state index >= 15 is 0 Å². The smallest absolute Gasteiger partial charge is 0.328 e. The van der Waals surface area contributed by atoms with Crippen LogP contribution < -0.4 is 10.6 Å². The number of nitro benzene ring substituents is 1. The molecule has 2 N–H and O–H groups in total. The highest BCUT2D eigenvalue weighted by Crippen LogP contribution is 2.17. The van der Waals surface area contributed by atoms with Crippen LogP contribution in [-0.2, 0) is 14.3 Å². The molecule has 140 valence electrons. The number of nitrogens with one attached hydrogen (secondary N) is 2. The molecular formula is C17H21N3O6. The summed E-state index contributed by atoms with van der Waals surface area (Å²) in [5.41, 5.74) is -0.172. The molecule has 26 heavy (non-hydrogen) atoms. The second-order valence-electron chi connectivity index (χ2n) is 6.16. The van der Waals surface area contributed by atoms with Crippen LogP contribution in [0.15, 0.2) is 24.3 Å². The predicted octanol–water partition coefficient (Wildman–Crippen LogP) is 1.32. The number of hydrogen-bond donors (Lipinski definition) is 2. The number of benzene rings is 1. The molecule has 0 saturated heterocycles. The van der Waals surface area contributed by atoms with Crippen LogP contribution in [0, 0.1) is 10.1 Å². The molecule has 0 bridgehead atoms. The third-order valence-corrected chi connectivity index (χ3v) is 4.09. The van der Waals surface area contributed by atoms with E-state index in [-0.39, 0.29) is 23.2 Å². The summed E-state index contributed by atoms with van der Waals surface area (Å²) in [5, 5.41) is 15.9. The van der Waals surface area contributed by atoms with Gasteiger partial charge in [0.15, 0.2) is 6.61 Å². The Bertz CT molecular complexity index is 699. The molecule has 0 aliphatic heterocycles. The first-order valence-corrected chi connectivity index (χ1v) is 8.38. The summed E-state index contributed by atoms with van der Waals surface area (Å²) in [6.45, 7) is 0.999. The Morgan fingerprint density at radius 3 is 2.65 bits per heavy atom. The van der Waals surface area contributed by atoms with Crippen molar-refractivity contribution >= 4 is 23.5 Å². The third kappa shape index (κ3) is 5.54. The molecule has 0 unspecified atom stereocenters. The molecule has 2 amide bonds. The van der Waals surface area contributed by atoms with E-state index < -0.39 is 29.4 Å². The van der Waals surface area contributed by atoms with Crippen LogP contribution in [0.2, 0.25) is 0 Å². The van der Waals surface area contributed by atoms with Gasteiger partial charge in [-0.1, -0.05) is 18.9 Å². The minimum absolute atomic E-state index is 0.0535. The normalized spacial score (nSPS) is 15.1. The van der Waals surface area contributed by atoms with E-state index in [1.54, 1.807) is 0 Å². The first kappa shape index (κ1) is 19.4. The summed E-state index contributed by atoms with van der Waals surface area (Å²) in [4.78, 5) is 45.8. The van der Waals surface area contributed by atoms with Gasteiger partial charge in [-0.15, -0.1) is 0 Å².